The Morgan fingerprint density at radius 3 is 2.73 bits per heavy atom. The van der Waals surface area contributed by atoms with Crippen molar-refractivity contribution in [2.24, 2.45) is 0 Å². The van der Waals surface area contributed by atoms with Gasteiger partial charge in [0, 0.05) is 38.3 Å². The summed E-state index contributed by atoms with van der Waals surface area (Å²) in [5.41, 5.74) is 3.33. The molecular weight excluding hydrogens is 442 g/mol. The second-order valence-corrected chi connectivity index (χ2v) is 8.90. The van der Waals surface area contributed by atoms with Gasteiger partial charge in [-0.05, 0) is 54.7 Å². The van der Waals surface area contributed by atoms with E-state index in [1.807, 2.05) is 24.3 Å². The number of carbonyl (C=O) groups excluding carboxylic acids is 1. The molecule has 3 aromatic rings. The average molecular weight is 466 g/mol. The SMILES string of the molecule is CNC(=O)c1ccc(C2=CCN(Cc3ccc4c(=O)n(C5CC5)c(=O)[nH]c4c3)CC2)c(Cl)n1. The Morgan fingerprint density at radius 2 is 2.06 bits per heavy atom. The van der Waals surface area contributed by atoms with Crippen LogP contribution in [0.1, 0.15) is 46.9 Å². The van der Waals surface area contributed by atoms with Crippen molar-refractivity contribution in [1.29, 1.82) is 0 Å². The van der Waals surface area contributed by atoms with Crippen molar-refractivity contribution in [3.8, 4) is 0 Å². The van der Waals surface area contributed by atoms with Crippen LogP contribution in [-0.4, -0.2) is 45.5 Å². The lowest BCUT2D eigenvalue weighted by Crippen LogP contribution is -2.34. The van der Waals surface area contributed by atoms with E-state index >= 15 is 0 Å². The third-order valence-corrected chi connectivity index (χ3v) is 6.55. The summed E-state index contributed by atoms with van der Waals surface area (Å²) in [6, 6.07) is 9.23. The third-order valence-electron chi connectivity index (χ3n) is 6.26. The fourth-order valence-corrected chi connectivity index (χ4v) is 4.60. The van der Waals surface area contributed by atoms with Gasteiger partial charge in [0.2, 0.25) is 0 Å². The van der Waals surface area contributed by atoms with Crippen molar-refractivity contribution in [3.63, 3.8) is 0 Å². The first-order chi connectivity index (χ1) is 15.9. The smallest absolute Gasteiger partial charge is 0.329 e. The molecule has 5 rings (SSSR count). The quantitative estimate of drug-likeness (QED) is 0.564. The van der Waals surface area contributed by atoms with Crippen molar-refractivity contribution in [3.05, 3.63) is 79.2 Å². The van der Waals surface area contributed by atoms with Crippen molar-refractivity contribution in [1.82, 2.24) is 24.8 Å². The fourth-order valence-electron chi connectivity index (χ4n) is 4.33. The summed E-state index contributed by atoms with van der Waals surface area (Å²) in [5.74, 6) is -0.268. The molecule has 8 nitrogen and oxygen atoms in total. The van der Waals surface area contributed by atoms with Gasteiger partial charge in [0.1, 0.15) is 10.8 Å². The summed E-state index contributed by atoms with van der Waals surface area (Å²) >= 11 is 6.34. The normalized spacial score (nSPS) is 16.6. The van der Waals surface area contributed by atoms with E-state index in [0.717, 1.165) is 49.1 Å². The van der Waals surface area contributed by atoms with Crippen LogP contribution in [0.25, 0.3) is 16.5 Å². The van der Waals surface area contributed by atoms with Crippen LogP contribution in [0.5, 0.6) is 0 Å². The van der Waals surface area contributed by atoms with Crippen LogP contribution in [0.3, 0.4) is 0 Å². The van der Waals surface area contributed by atoms with Crippen LogP contribution < -0.4 is 16.6 Å². The molecule has 9 heteroatoms. The van der Waals surface area contributed by atoms with E-state index in [9.17, 15) is 14.4 Å². The van der Waals surface area contributed by atoms with Gasteiger partial charge in [0.15, 0.2) is 0 Å². The number of halogens is 1. The minimum atomic E-state index is -0.328. The molecule has 2 aliphatic rings. The number of nitrogens with one attached hydrogen (secondary N) is 2. The number of rotatable bonds is 5. The van der Waals surface area contributed by atoms with E-state index in [1.165, 1.54) is 4.57 Å². The van der Waals surface area contributed by atoms with Gasteiger partial charge < -0.3 is 10.3 Å². The van der Waals surface area contributed by atoms with E-state index in [4.69, 9.17) is 11.6 Å². The molecule has 0 saturated heterocycles. The summed E-state index contributed by atoms with van der Waals surface area (Å²) in [6.45, 7) is 2.27. The first-order valence-electron chi connectivity index (χ1n) is 11.0. The van der Waals surface area contributed by atoms with E-state index in [0.29, 0.717) is 28.3 Å². The maximum atomic E-state index is 12.7. The second-order valence-electron chi connectivity index (χ2n) is 8.54. The lowest BCUT2D eigenvalue weighted by atomic mass is 10.00. The zero-order valence-corrected chi connectivity index (χ0v) is 19.0. The topological polar surface area (TPSA) is 100 Å². The molecule has 1 aliphatic heterocycles. The van der Waals surface area contributed by atoms with E-state index in [-0.39, 0.29) is 23.2 Å². The molecule has 33 heavy (non-hydrogen) atoms. The zero-order chi connectivity index (χ0) is 23.1. The Bertz CT molecular complexity index is 1400. The third kappa shape index (κ3) is 4.24. The summed E-state index contributed by atoms with van der Waals surface area (Å²) in [7, 11) is 1.56. The number of aromatic nitrogens is 3. The Kier molecular flexibility index (Phi) is 5.64. The van der Waals surface area contributed by atoms with Crippen molar-refractivity contribution in [2.75, 3.05) is 20.1 Å². The molecule has 0 atom stereocenters. The lowest BCUT2D eigenvalue weighted by Gasteiger charge is -2.26. The molecule has 1 fully saturated rings. The molecule has 0 spiro atoms. The molecule has 3 heterocycles. The molecule has 170 valence electrons. The average Bonchev–Trinajstić information content (AvgIpc) is 3.64. The molecule has 1 saturated carbocycles. The summed E-state index contributed by atoms with van der Waals surface area (Å²) < 4.78 is 1.35. The maximum absolute atomic E-state index is 12.7. The van der Waals surface area contributed by atoms with Gasteiger partial charge in [-0.15, -0.1) is 0 Å². The first kappa shape index (κ1) is 21.6. The number of pyridine rings is 1. The predicted octanol–water partition coefficient (Wildman–Crippen LogP) is 2.72. The maximum Gasteiger partial charge on any atom is 0.329 e. The highest BCUT2D eigenvalue weighted by molar-refractivity contribution is 6.31. The minimum absolute atomic E-state index is 0.0448. The number of aromatic amines is 1. The highest BCUT2D eigenvalue weighted by atomic mass is 35.5. The fraction of sp³-hybridized carbons (Fsp3) is 0.333. The van der Waals surface area contributed by atoms with Gasteiger partial charge in [0.05, 0.1) is 10.9 Å². The standard InChI is InChI=1S/C24H24ClN5O3/c1-26-22(31)19-7-6-17(21(25)27-19)15-8-10-29(11-9-15)13-14-2-5-18-20(12-14)28-24(33)30(23(18)32)16-3-4-16/h2,5-8,12,16H,3-4,9-11,13H2,1H3,(H,26,31)(H,28,33). The van der Waals surface area contributed by atoms with E-state index < -0.39 is 0 Å². The number of benzene rings is 1. The number of fused-ring (bicyclic) bond motifs is 1. The predicted molar refractivity (Wildman–Crippen MR) is 128 cm³/mol. The Labute approximate surface area is 194 Å². The molecule has 1 amide bonds. The first-order valence-corrected chi connectivity index (χ1v) is 11.4. The highest BCUT2D eigenvalue weighted by Gasteiger charge is 2.27. The summed E-state index contributed by atoms with van der Waals surface area (Å²) in [6.07, 6.45) is 4.70. The van der Waals surface area contributed by atoms with E-state index in [1.54, 1.807) is 13.1 Å². The largest absolute Gasteiger partial charge is 0.354 e. The number of nitrogens with zero attached hydrogens (tertiary/aromatic N) is 3. The molecule has 0 bridgehead atoms. The molecular formula is C24H24ClN5O3. The van der Waals surface area contributed by atoms with Crippen LogP contribution >= 0.6 is 11.6 Å². The van der Waals surface area contributed by atoms with E-state index in [2.05, 4.69) is 26.3 Å². The minimum Gasteiger partial charge on any atom is -0.354 e. The molecule has 1 aromatic carbocycles. The number of H-pyrrole nitrogens is 1. The van der Waals surface area contributed by atoms with Crippen LogP contribution in [0.15, 0.2) is 46.0 Å². The van der Waals surface area contributed by atoms with Gasteiger partial charge in [-0.2, -0.15) is 0 Å². The molecule has 1 aliphatic carbocycles. The van der Waals surface area contributed by atoms with Gasteiger partial charge >= 0.3 is 5.69 Å². The Balaban J connectivity index is 1.32. The molecule has 2 aromatic heterocycles. The molecule has 0 radical (unpaired) electrons. The summed E-state index contributed by atoms with van der Waals surface area (Å²) in [4.78, 5) is 46.2. The van der Waals surface area contributed by atoms with Gasteiger partial charge in [0.25, 0.3) is 11.5 Å². The van der Waals surface area contributed by atoms with Gasteiger partial charge in [-0.1, -0.05) is 23.7 Å². The van der Waals surface area contributed by atoms with Crippen molar-refractivity contribution in [2.45, 2.75) is 31.8 Å². The molecule has 2 N–H and O–H groups in total. The van der Waals surface area contributed by atoms with Crippen molar-refractivity contribution >= 4 is 34.0 Å². The number of hydrogen-bond donors (Lipinski definition) is 2. The van der Waals surface area contributed by atoms with Crippen LogP contribution in [0.4, 0.5) is 0 Å². The monoisotopic (exact) mass is 465 g/mol. The van der Waals surface area contributed by atoms with Gasteiger partial charge in [-0.25, -0.2) is 9.78 Å². The lowest BCUT2D eigenvalue weighted by molar-refractivity contribution is 0.0958. The Morgan fingerprint density at radius 1 is 1.24 bits per heavy atom. The van der Waals surface area contributed by atoms with Crippen molar-refractivity contribution < 1.29 is 4.79 Å². The summed E-state index contributed by atoms with van der Waals surface area (Å²) in [5, 5.41) is 3.42. The number of amides is 1. The van der Waals surface area contributed by atoms with Gasteiger partial charge in [-0.3, -0.25) is 19.1 Å². The second kappa shape index (κ2) is 8.61. The van der Waals surface area contributed by atoms with Crippen LogP contribution in [0, 0.1) is 0 Å². The molecule has 0 unspecified atom stereocenters. The number of hydrogen-bond acceptors (Lipinski definition) is 5. The highest BCUT2D eigenvalue weighted by Crippen LogP contribution is 2.32. The number of carbonyl (C=O) groups is 1. The van der Waals surface area contributed by atoms with Crippen LogP contribution in [-0.2, 0) is 6.54 Å². The van der Waals surface area contributed by atoms with Crippen LogP contribution in [0.2, 0.25) is 5.15 Å². The zero-order valence-electron chi connectivity index (χ0n) is 18.2. The Hall–Kier alpha value is -3.23.